The zero-order chi connectivity index (χ0) is 14.4. The van der Waals surface area contributed by atoms with Crippen LogP contribution in [0.2, 0.25) is 0 Å². The molecule has 0 aliphatic carbocycles. The van der Waals surface area contributed by atoms with Crippen molar-refractivity contribution in [2.24, 2.45) is 5.92 Å². The number of nitriles is 1. The number of rotatable bonds is 5. The number of piperidine rings is 1. The Balaban J connectivity index is 2.17. The predicted octanol–water partition coefficient (Wildman–Crippen LogP) is 3.08. The van der Waals surface area contributed by atoms with Gasteiger partial charge in [-0.05, 0) is 62.9 Å². The standard InChI is InChI=1S/C17H25N3/c1-3-10-20(13-15-6-8-19-9-7-15)17-5-4-14(2)11-16(17)12-18/h4-5,11,15,19H,3,6-10,13H2,1-2H3. The van der Waals surface area contributed by atoms with E-state index < -0.39 is 0 Å². The van der Waals surface area contributed by atoms with Gasteiger partial charge in [-0.2, -0.15) is 5.26 Å². The van der Waals surface area contributed by atoms with Gasteiger partial charge >= 0.3 is 0 Å². The fourth-order valence-corrected chi connectivity index (χ4v) is 2.97. The quantitative estimate of drug-likeness (QED) is 0.894. The molecule has 0 atom stereocenters. The minimum Gasteiger partial charge on any atom is -0.370 e. The lowest BCUT2D eigenvalue weighted by Gasteiger charge is -2.32. The maximum atomic E-state index is 9.38. The van der Waals surface area contributed by atoms with E-state index in [0.29, 0.717) is 0 Å². The summed E-state index contributed by atoms with van der Waals surface area (Å²) in [7, 11) is 0. The highest BCUT2D eigenvalue weighted by atomic mass is 15.1. The van der Waals surface area contributed by atoms with Crippen LogP contribution in [0.25, 0.3) is 0 Å². The van der Waals surface area contributed by atoms with Crippen LogP contribution in [0.5, 0.6) is 0 Å². The zero-order valence-corrected chi connectivity index (χ0v) is 12.7. The average Bonchev–Trinajstić information content (AvgIpc) is 2.48. The molecule has 1 fully saturated rings. The van der Waals surface area contributed by atoms with E-state index in [1.54, 1.807) is 0 Å². The maximum Gasteiger partial charge on any atom is 0.101 e. The smallest absolute Gasteiger partial charge is 0.101 e. The summed E-state index contributed by atoms with van der Waals surface area (Å²) in [4.78, 5) is 2.41. The van der Waals surface area contributed by atoms with Crippen LogP contribution in [0.4, 0.5) is 5.69 Å². The predicted molar refractivity (Wildman–Crippen MR) is 84.0 cm³/mol. The Morgan fingerprint density at radius 1 is 1.35 bits per heavy atom. The summed E-state index contributed by atoms with van der Waals surface area (Å²) in [5.74, 6) is 0.746. The SMILES string of the molecule is CCCN(CC1CCNCC1)c1ccc(C)cc1C#N. The van der Waals surface area contributed by atoms with Crippen molar-refractivity contribution < 1.29 is 0 Å². The van der Waals surface area contributed by atoms with Gasteiger partial charge in [0.2, 0.25) is 0 Å². The number of anilines is 1. The van der Waals surface area contributed by atoms with Crippen molar-refractivity contribution in [1.29, 1.82) is 5.26 Å². The molecule has 0 bridgehead atoms. The summed E-state index contributed by atoms with van der Waals surface area (Å²) in [6, 6.07) is 8.59. The highest BCUT2D eigenvalue weighted by Crippen LogP contribution is 2.24. The first-order valence-electron chi connectivity index (χ1n) is 7.71. The Labute approximate surface area is 122 Å². The number of aryl methyl sites for hydroxylation is 1. The van der Waals surface area contributed by atoms with Crippen LogP contribution < -0.4 is 10.2 Å². The topological polar surface area (TPSA) is 39.1 Å². The number of nitrogens with one attached hydrogen (secondary N) is 1. The van der Waals surface area contributed by atoms with E-state index >= 15 is 0 Å². The van der Waals surface area contributed by atoms with Crippen LogP contribution in [-0.2, 0) is 0 Å². The van der Waals surface area contributed by atoms with Crippen molar-refractivity contribution in [2.45, 2.75) is 33.1 Å². The van der Waals surface area contributed by atoms with Gasteiger partial charge in [0.25, 0.3) is 0 Å². The second-order valence-electron chi connectivity index (χ2n) is 5.77. The summed E-state index contributed by atoms with van der Waals surface area (Å²) >= 11 is 0. The summed E-state index contributed by atoms with van der Waals surface area (Å²) in [5.41, 5.74) is 3.08. The summed E-state index contributed by atoms with van der Waals surface area (Å²) in [6.07, 6.45) is 3.60. The number of hydrogen-bond acceptors (Lipinski definition) is 3. The van der Waals surface area contributed by atoms with Crippen molar-refractivity contribution >= 4 is 5.69 Å². The van der Waals surface area contributed by atoms with Crippen molar-refractivity contribution in [2.75, 3.05) is 31.1 Å². The molecule has 20 heavy (non-hydrogen) atoms. The largest absolute Gasteiger partial charge is 0.370 e. The number of benzene rings is 1. The molecule has 1 aromatic rings. The lowest BCUT2D eigenvalue weighted by Crippen LogP contribution is -2.37. The maximum absolute atomic E-state index is 9.38. The molecule has 1 aromatic carbocycles. The highest BCUT2D eigenvalue weighted by Gasteiger charge is 2.18. The van der Waals surface area contributed by atoms with E-state index in [4.69, 9.17) is 0 Å². The first-order valence-corrected chi connectivity index (χ1v) is 7.71. The Morgan fingerprint density at radius 2 is 2.10 bits per heavy atom. The molecule has 2 rings (SSSR count). The van der Waals surface area contributed by atoms with Crippen molar-refractivity contribution in [3.63, 3.8) is 0 Å². The van der Waals surface area contributed by atoms with Gasteiger partial charge in [0.1, 0.15) is 6.07 Å². The fraction of sp³-hybridized carbons (Fsp3) is 0.588. The number of hydrogen-bond donors (Lipinski definition) is 1. The normalized spacial score (nSPS) is 15.8. The van der Waals surface area contributed by atoms with Gasteiger partial charge < -0.3 is 10.2 Å². The molecular formula is C17H25N3. The average molecular weight is 271 g/mol. The van der Waals surface area contributed by atoms with E-state index in [9.17, 15) is 5.26 Å². The van der Waals surface area contributed by atoms with Gasteiger partial charge in [0.15, 0.2) is 0 Å². The third-order valence-electron chi connectivity index (χ3n) is 4.04. The molecule has 0 radical (unpaired) electrons. The van der Waals surface area contributed by atoms with Gasteiger partial charge in [-0.15, -0.1) is 0 Å². The van der Waals surface area contributed by atoms with Crippen molar-refractivity contribution in [3.05, 3.63) is 29.3 Å². The molecule has 3 heteroatoms. The molecule has 1 aliphatic rings. The van der Waals surface area contributed by atoms with Crippen LogP contribution in [0.1, 0.15) is 37.3 Å². The molecule has 108 valence electrons. The third-order valence-corrected chi connectivity index (χ3v) is 4.04. The van der Waals surface area contributed by atoms with Gasteiger partial charge in [0, 0.05) is 13.1 Å². The first-order chi connectivity index (χ1) is 9.74. The second-order valence-corrected chi connectivity index (χ2v) is 5.77. The molecule has 1 saturated heterocycles. The van der Waals surface area contributed by atoms with Crippen LogP contribution in [0, 0.1) is 24.2 Å². The highest BCUT2D eigenvalue weighted by molar-refractivity contribution is 5.60. The zero-order valence-electron chi connectivity index (χ0n) is 12.7. The van der Waals surface area contributed by atoms with Crippen molar-refractivity contribution in [1.82, 2.24) is 5.32 Å². The van der Waals surface area contributed by atoms with E-state index in [1.165, 1.54) is 12.8 Å². The molecule has 0 aromatic heterocycles. The Bertz CT molecular complexity index is 470. The molecule has 0 spiro atoms. The van der Waals surface area contributed by atoms with E-state index in [1.807, 2.05) is 13.0 Å². The lowest BCUT2D eigenvalue weighted by molar-refractivity contribution is 0.373. The molecule has 1 heterocycles. The van der Waals surface area contributed by atoms with E-state index in [-0.39, 0.29) is 0 Å². The van der Waals surface area contributed by atoms with Gasteiger partial charge in [-0.25, -0.2) is 0 Å². The van der Waals surface area contributed by atoms with E-state index in [0.717, 1.165) is 55.3 Å². The molecule has 3 nitrogen and oxygen atoms in total. The molecule has 0 amide bonds. The van der Waals surface area contributed by atoms with Crippen molar-refractivity contribution in [3.8, 4) is 6.07 Å². The lowest BCUT2D eigenvalue weighted by atomic mass is 9.96. The fourth-order valence-electron chi connectivity index (χ4n) is 2.97. The molecule has 1 aliphatic heterocycles. The second kappa shape index (κ2) is 7.31. The molecule has 0 saturated carbocycles. The van der Waals surface area contributed by atoms with Crippen LogP contribution in [-0.4, -0.2) is 26.2 Å². The molecule has 0 unspecified atom stereocenters. The Morgan fingerprint density at radius 3 is 2.75 bits per heavy atom. The van der Waals surface area contributed by atoms with Crippen LogP contribution in [0.3, 0.4) is 0 Å². The molecule has 1 N–H and O–H groups in total. The minimum atomic E-state index is 0.746. The number of nitrogens with zero attached hydrogens (tertiary/aromatic N) is 2. The van der Waals surface area contributed by atoms with E-state index in [2.05, 4.69) is 35.3 Å². The minimum absolute atomic E-state index is 0.746. The third kappa shape index (κ3) is 3.74. The first kappa shape index (κ1) is 14.9. The van der Waals surface area contributed by atoms with Gasteiger partial charge in [0.05, 0.1) is 11.3 Å². The Hall–Kier alpha value is -1.53. The van der Waals surface area contributed by atoms with Gasteiger partial charge in [-0.1, -0.05) is 13.0 Å². The Kier molecular flexibility index (Phi) is 5.43. The summed E-state index contributed by atoms with van der Waals surface area (Å²) in [6.45, 7) is 8.61. The molecular weight excluding hydrogens is 246 g/mol. The van der Waals surface area contributed by atoms with Gasteiger partial charge in [-0.3, -0.25) is 0 Å². The van der Waals surface area contributed by atoms with Crippen LogP contribution in [0.15, 0.2) is 18.2 Å². The monoisotopic (exact) mass is 271 g/mol. The summed E-state index contributed by atoms with van der Waals surface area (Å²) in [5, 5.41) is 12.8. The summed E-state index contributed by atoms with van der Waals surface area (Å²) < 4.78 is 0. The van der Waals surface area contributed by atoms with Crippen LogP contribution >= 0.6 is 0 Å².